The van der Waals surface area contributed by atoms with Crippen LogP contribution in [0.5, 0.6) is 0 Å². The van der Waals surface area contributed by atoms with Crippen molar-refractivity contribution in [3.05, 3.63) is 0 Å². The maximum absolute atomic E-state index is 10.4. The van der Waals surface area contributed by atoms with E-state index in [4.69, 9.17) is 0 Å². The summed E-state index contributed by atoms with van der Waals surface area (Å²) < 4.78 is 0. The predicted octanol–water partition coefficient (Wildman–Crippen LogP) is 0.0344. The Hall–Kier alpha value is -0.990. The van der Waals surface area contributed by atoms with Gasteiger partial charge in [-0.15, -0.1) is 0 Å². The highest BCUT2D eigenvalue weighted by Gasteiger charge is 2.05. The fourth-order valence-electron chi connectivity index (χ4n) is 0.341. The molecule has 0 aliphatic heterocycles. The first-order valence-corrected chi connectivity index (χ1v) is 2.57. The Balaban J connectivity index is 3.51. The summed E-state index contributed by atoms with van der Waals surface area (Å²) in [6.45, 7) is 1.19. The zero-order chi connectivity index (χ0) is 7.28. The van der Waals surface area contributed by atoms with Crippen molar-refractivity contribution in [2.24, 2.45) is 0 Å². The van der Waals surface area contributed by atoms with E-state index in [1.807, 2.05) is 0 Å². The van der Waals surface area contributed by atoms with Crippen molar-refractivity contribution in [1.82, 2.24) is 0 Å². The fourth-order valence-corrected chi connectivity index (χ4v) is 0.341. The smallest absolute Gasteiger partial charge is 0.198 e. The van der Waals surface area contributed by atoms with Crippen LogP contribution < -0.4 is 0 Å². The van der Waals surface area contributed by atoms with Gasteiger partial charge in [0.15, 0.2) is 17.9 Å². The molecule has 0 saturated heterocycles. The van der Waals surface area contributed by atoms with E-state index in [2.05, 4.69) is 0 Å². The van der Waals surface area contributed by atoms with E-state index in [0.717, 1.165) is 0 Å². The highest BCUT2D eigenvalue weighted by molar-refractivity contribution is 6.36. The molecule has 0 aromatic rings. The van der Waals surface area contributed by atoms with Gasteiger partial charge in [-0.25, -0.2) is 0 Å². The summed E-state index contributed by atoms with van der Waals surface area (Å²) in [5, 5.41) is 0. The van der Waals surface area contributed by atoms with Crippen LogP contribution in [0.25, 0.3) is 0 Å². The van der Waals surface area contributed by atoms with E-state index in [0.29, 0.717) is 0 Å². The second-order valence-electron chi connectivity index (χ2n) is 1.62. The van der Waals surface area contributed by atoms with Crippen LogP contribution in [0.15, 0.2) is 0 Å². The van der Waals surface area contributed by atoms with Crippen molar-refractivity contribution in [2.45, 2.75) is 19.8 Å². The van der Waals surface area contributed by atoms with Crippen LogP contribution in [-0.2, 0) is 14.4 Å². The van der Waals surface area contributed by atoms with Crippen LogP contribution in [0, 0.1) is 0 Å². The Morgan fingerprint density at radius 3 is 2.33 bits per heavy atom. The third-order valence-electron chi connectivity index (χ3n) is 0.847. The van der Waals surface area contributed by atoms with Gasteiger partial charge in [0.25, 0.3) is 0 Å². The molecule has 0 aromatic heterocycles. The minimum Gasteiger partial charge on any atom is -0.291 e. The van der Waals surface area contributed by atoms with E-state index in [1.54, 1.807) is 0 Å². The summed E-state index contributed by atoms with van der Waals surface area (Å²) in [6.07, 6.45) is 1.56. The molecule has 49 valence electrons. The molecule has 9 heavy (non-hydrogen) atoms. The molecule has 0 heterocycles. The highest BCUT2D eigenvalue weighted by Crippen LogP contribution is 1.87. The van der Waals surface area contributed by atoms with Crippen molar-refractivity contribution in [2.75, 3.05) is 0 Å². The lowest BCUT2D eigenvalue weighted by molar-refractivity contribution is -0.135. The molecular weight excluding hydrogens is 120 g/mol. The Morgan fingerprint density at radius 2 is 2.00 bits per heavy atom. The number of ketones is 2. The molecule has 0 bridgehead atoms. The molecule has 0 aliphatic carbocycles. The SMILES string of the molecule is CC(=O)C(=O)CC[C]=O. The van der Waals surface area contributed by atoms with Gasteiger partial charge in [0.05, 0.1) is 0 Å². The average molecular weight is 127 g/mol. The van der Waals surface area contributed by atoms with Gasteiger partial charge in [-0.2, -0.15) is 0 Å². The summed E-state index contributed by atoms with van der Waals surface area (Å²) in [5.41, 5.74) is 0. The van der Waals surface area contributed by atoms with E-state index in [9.17, 15) is 14.4 Å². The largest absolute Gasteiger partial charge is 0.291 e. The van der Waals surface area contributed by atoms with Gasteiger partial charge in [0.1, 0.15) is 0 Å². The average Bonchev–Trinajstić information content (AvgIpc) is 1.82. The predicted molar refractivity (Wildman–Crippen MR) is 30.6 cm³/mol. The topological polar surface area (TPSA) is 51.2 Å². The lowest BCUT2D eigenvalue weighted by Crippen LogP contribution is -2.08. The Labute approximate surface area is 53.0 Å². The standard InChI is InChI=1S/C6H7O3/c1-5(8)6(9)3-2-4-7/h2-3H2,1H3. The molecule has 0 rings (SSSR count). The zero-order valence-electron chi connectivity index (χ0n) is 5.14. The number of carbonyl (C=O) groups excluding carboxylic acids is 3. The lowest BCUT2D eigenvalue weighted by atomic mass is 10.2. The molecule has 3 nitrogen and oxygen atoms in total. The van der Waals surface area contributed by atoms with Gasteiger partial charge in [0, 0.05) is 19.8 Å². The van der Waals surface area contributed by atoms with E-state index in [1.165, 1.54) is 13.2 Å². The van der Waals surface area contributed by atoms with Crippen molar-refractivity contribution in [3.63, 3.8) is 0 Å². The Kier molecular flexibility index (Phi) is 3.51. The van der Waals surface area contributed by atoms with Gasteiger partial charge in [0.2, 0.25) is 0 Å². The summed E-state index contributed by atoms with van der Waals surface area (Å²) in [6, 6.07) is 0. The van der Waals surface area contributed by atoms with Gasteiger partial charge in [-0.05, 0) is 0 Å². The molecule has 0 aromatic carbocycles. The normalized spacial score (nSPS) is 8.56. The van der Waals surface area contributed by atoms with Crippen molar-refractivity contribution in [1.29, 1.82) is 0 Å². The number of Topliss-reactive ketones (excluding diaryl/α,β-unsaturated/α-hetero) is 2. The Morgan fingerprint density at radius 1 is 1.44 bits per heavy atom. The van der Waals surface area contributed by atoms with E-state index in [-0.39, 0.29) is 12.8 Å². The van der Waals surface area contributed by atoms with Crippen molar-refractivity contribution in [3.8, 4) is 0 Å². The molecule has 0 saturated carbocycles. The minimum absolute atomic E-state index is 0.00116. The maximum atomic E-state index is 10.4. The quantitative estimate of drug-likeness (QED) is 0.501. The minimum atomic E-state index is -0.502. The summed E-state index contributed by atoms with van der Waals surface area (Å²) in [4.78, 5) is 30.1. The third kappa shape index (κ3) is 3.58. The van der Waals surface area contributed by atoms with E-state index >= 15 is 0 Å². The lowest BCUT2D eigenvalue weighted by Gasteiger charge is -1.86. The van der Waals surface area contributed by atoms with E-state index < -0.39 is 11.6 Å². The number of hydrogen-bond donors (Lipinski definition) is 0. The molecule has 0 N–H and O–H groups in total. The molecule has 0 spiro atoms. The van der Waals surface area contributed by atoms with Crippen LogP contribution in [0.1, 0.15) is 19.8 Å². The highest BCUT2D eigenvalue weighted by atomic mass is 16.2. The molecule has 0 fully saturated rings. The molecule has 0 amide bonds. The number of rotatable bonds is 4. The molecule has 1 radical (unpaired) electrons. The zero-order valence-corrected chi connectivity index (χ0v) is 5.14. The number of carbonyl (C=O) groups is 2. The van der Waals surface area contributed by atoms with Gasteiger partial charge >= 0.3 is 0 Å². The van der Waals surface area contributed by atoms with Crippen LogP contribution >= 0.6 is 0 Å². The first-order valence-electron chi connectivity index (χ1n) is 2.57. The van der Waals surface area contributed by atoms with Crippen LogP contribution in [0.2, 0.25) is 0 Å². The summed E-state index contributed by atoms with van der Waals surface area (Å²) >= 11 is 0. The fraction of sp³-hybridized carbons (Fsp3) is 0.500. The van der Waals surface area contributed by atoms with Gasteiger partial charge in [-0.1, -0.05) is 0 Å². The van der Waals surface area contributed by atoms with Crippen molar-refractivity contribution < 1.29 is 14.4 Å². The molecule has 3 heteroatoms. The van der Waals surface area contributed by atoms with Crippen molar-refractivity contribution >= 4 is 17.9 Å². The molecule has 0 atom stereocenters. The molecule has 0 unspecified atom stereocenters. The second-order valence-corrected chi connectivity index (χ2v) is 1.62. The molecular formula is C6H7O3. The summed E-state index contributed by atoms with van der Waals surface area (Å²) in [7, 11) is 0. The second kappa shape index (κ2) is 3.95. The first-order chi connectivity index (χ1) is 4.18. The summed E-state index contributed by atoms with van der Waals surface area (Å²) in [5.74, 6) is -0.997. The van der Waals surface area contributed by atoms with Crippen LogP contribution in [0.3, 0.4) is 0 Å². The monoisotopic (exact) mass is 127 g/mol. The third-order valence-corrected chi connectivity index (χ3v) is 0.847. The van der Waals surface area contributed by atoms with Crippen LogP contribution in [0.4, 0.5) is 0 Å². The van der Waals surface area contributed by atoms with Crippen LogP contribution in [-0.4, -0.2) is 17.9 Å². The van der Waals surface area contributed by atoms with Gasteiger partial charge < -0.3 is 0 Å². The maximum Gasteiger partial charge on any atom is 0.198 e. The number of hydrogen-bond acceptors (Lipinski definition) is 3. The molecule has 0 aliphatic rings. The Bertz CT molecular complexity index is 137. The van der Waals surface area contributed by atoms with Gasteiger partial charge in [-0.3, -0.25) is 14.4 Å². The first kappa shape index (κ1) is 8.01.